The minimum atomic E-state index is -2.89. The van der Waals surface area contributed by atoms with Crippen LogP contribution in [0, 0.1) is 0 Å². The zero-order valence-corrected chi connectivity index (χ0v) is 17.0. The highest BCUT2D eigenvalue weighted by atomic mass is 32.2. The molecule has 0 radical (unpaired) electrons. The second-order valence-electron chi connectivity index (χ2n) is 7.33. The van der Waals surface area contributed by atoms with Crippen molar-refractivity contribution >= 4 is 21.4 Å². The van der Waals surface area contributed by atoms with Crippen molar-refractivity contribution in [3.8, 4) is 5.75 Å². The number of hydrogen-bond donors (Lipinski definition) is 0. The lowest BCUT2D eigenvalue weighted by atomic mass is 10.2. The third-order valence-corrected chi connectivity index (χ3v) is 7.32. The molecule has 0 spiro atoms. The number of benzene rings is 1. The van der Waals surface area contributed by atoms with Crippen LogP contribution in [0.5, 0.6) is 5.75 Å². The summed E-state index contributed by atoms with van der Waals surface area (Å²) in [6.45, 7) is 3.55. The van der Waals surface area contributed by atoms with E-state index < -0.39 is 9.84 Å². The number of hydrogen-bond acceptors (Lipinski definition) is 6. The second kappa shape index (κ2) is 8.48. The summed E-state index contributed by atoms with van der Waals surface area (Å²) >= 11 is 0. The fraction of sp³-hybridized carbons (Fsp3) is 0.632. The van der Waals surface area contributed by atoms with Crippen molar-refractivity contribution in [1.82, 2.24) is 9.80 Å². The van der Waals surface area contributed by atoms with Gasteiger partial charge in [-0.15, -0.1) is 0 Å². The lowest BCUT2D eigenvalue weighted by Gasteiger charge is -2.37. The van der Waals surface area contributed by atoms with E-state index in [0.717, 1.165) is 24.5 Å². The van der Waals surface area contributed by atoms with E-state index in [2.05, 4.69) is 4.90 Å². The topological polar surface area (TPSA) is 70.2 Å². The van der Waals surface area contributed by atoms with Crippen LogP contribution in [0.1, 0.15) is 12.8 Å². The second-order valence-corrected chi connectivity index (χ2v) is 9.56. The minimum Gasteiger partial charge on any atom is -0.495 e. The Morgan fingerprint density at radius 3 is 2.56 bits per heavy atom. The first-order chi connectivity index (χ1) is 12.9. The van der Waals surface area contributed by atoms with Gasteiger partial charge in [0.15, 0.2) is 9.84 Å². The monoisotopic (exact) mass is 395 g/mol. The van der Waals surface area contributed by atoms with Gasteiger partial charge in [0.1, 0.15) is 5.75 Å². The molecule has 1 unspecified atom stereocenters. The van der Waals surface area contributed by atoms with Gasteiger partial charge in [0, 0.05) is 45.2 Å². The number of anilines is 1. The van der Waals surface area contributed by atoms with Gasteiger partial charge in [-0.05, 0) is 25.6 Å². The summed E-state index contributed by atoms with van der Waals surface area (Å²) in [6, 6.07) is 7.99. The zero-order chi connectivity index (χ0) is 19.4. The van der Waals surface area contributed by atoms with E-state index >= 15 is 0 Å². The van der Waals surface area contributed by atoms with Crippen LogP contribution in [0.2, 0.25) is 0 Å². The number of para-hydroxylation sites is 2. The molecule has 0 saturated carbocycles. The summed E-state index contributed by atoms with van der Waals surface area (Å²) in [4.78, 5) is 18.7. The average molecular weight is 396 g/mol. The van der Waals surface area contributed by atoms with Crippen LogP contribution >= 0.6 is 0 Å². The molecule has 1 aromatic rings. The van der Waals surface area contributed by atoms with Crippen LogP contribution < -0.4 is 9.64 Å². The Hall–Kier alpha value is -1.80. The number of nitrogens with zero attached hydrogens (tertiary/aromatic N) is 3. The molecular formula is C19H29N3O4S. The molecule has 0 aromatic heterocycles. The van der Waals surface area contributed by atoms with E-state index in [0.29, 0.717) is 32.5 Å². The lowest BCUT2D eigenvalue weighted by Crippen LogP contribution is -2.49. The first-order valence-electron chi connectivity index (χ1n) is 9.46. The molecule has 2 heterocycles. The maximum absolute atomic E-state index is 12.5. The van der Waals surface area contributed by atoms with Crippen LogP contribution in [0.4, 0.5) is 5.69 Å². The Balaban J connectivity index is 1.46. The summed E-state index contributed by atoms with van der Waals surface area (Å²) in [5.41, 5.74) is 1.06. The van der Waals surface area contributed by atoms with Gasteiger partial charge >= 0.3 is 0 Å². The van der Waals surface area contributed by atoms with Crippen molar-refractivity contribution in [1.29, 1.82) is 0 Å². The molecule has 0 aliphatic carbocycles. The van der Waals surface area contributed by atoms with Gasteiger partial charge in [0.2, 0.25) is 5.91 Å². The van der Waals surface area contributed by atoms with E-state index in [1.807, 2.05) is 41.1 Å². The van der Waals surface area contributed by atoms with E-state index in [1.54, 1.807) is 7.11 Å². The maximum atomic E-state index is 12.5. The Bertz CT molecular complexity index is 760. The fourth-order valence-electron chi connectivity index (χ4n) is 3.82. The van der Waals surface area contributed by atoms with Gasteiger partial charge in [-0.3, -0.25) is 4.79 Å². The van der Waals surface area contributed by atoms with Gasteiger partial charge in [0.05, 0.1) is 24.3 Å². The lowest BCUT2D eigenvalue weighted by molar-refractivity contribution is -0.131. The van der Waals surface area contributed by atoms with Gasteiger partial charge in [-0.2, -0.15) is 0 Å². The van der Waals surface area contributed by atoms with E-state index in [4.69, 9.17) is 4.74 Å². The highest BCUT2D eigenvalue weighted by Crippen LogP contribution is 2.28. The Morgan fingerprint density at radius 1 is 1.22 bits per heavy atom. The van der Waals surface area contributed by atoms with Crippen molar-refractivity contribution in [2.24, 2.45) is 0 Å². The first-order valence-corrected chi connectivity index (χ1v) is 11.3. The average Bonchev–Trinajstić information content (AvgIpc) is 3.05. The predicted octanol–water partition coefficient (Wildman–Crippen LogP) is 0.853. The number of methoxy groups -OCH3 is 1. The third-order valence-electron chi connectivity index (χ3n) is 5.57. The van der Waals surface area contributed by atoms with Gasteiger partial charge in [-0.25, -0.2) is 8.42 Å². The summed E-state index contributed by atoms with van der Waals surface area (Å²) in [5.74, 6) is 1.48. The molecule has 3 rings (SSSR count). The van der Waals surface area contributed by atoms with Gasteiger partial charge < -0.3 is 19.4 Å². The maximum Gasteiger partial charge on any atom is 0.223 e. The molecule has 0 bridgehead atoms. The molecular weight excluding hydrogens is 366 g/mol. The number of sulfone groups is 1. The van der Waals surface area contributed by atoms with Crippen molar-refractivity contribution in [2.45, 2.75) is 18.9 Å². The predicted molar refractivity (Wildman–Crippen MR) is 106 cm³/mol. The number of rotatable bonds is 6. The SMILES string of the molecule is COc1ccccc1N1CCN(C(=O)CCN(C)C2CCS(=O)(=O)C2)CC1. The molecule has 2 fully saturated rings. The van der Waals surface area contributed by atoms with E-state index in [9.17, 15) is 13.2 Å². The molecule has 27 heavy (non-hydrogen) atoms. The minimum absolute atomic E-state index is 0.0465. The summed E-state index contributed by atoms with van der Waals surface area (Å²) < 4.78 is 28.6. The molecule has 2 aliphatic rings. The van der Waals surface area contributed by atoms with Crippen molar-refractivity contribution < 1.29 is 17.9 Å². The number of carbonyl (C=O) groups is 1. The Labute approximate surface area is 161 Å². The largest absolute Gasteiger partial charge is 0.495 e. The van der Waals surface area contributed by atoms with Gasteiger partial charge in [0.25, 0.3) is 0 Å². The zero-order valence-electron chi connectivity index (χ0n) is 16.1. The highest BCUT2D eigenvalue weighted by molar-refractivity contribution is 7.91. The van der Waals surface area contributed by atoms with E-state index in [-0.39, 0.29) is 23.5 Å². The number of ether oxygens (including phenoxy) is 1. The Morgan fingerprint density at radius 2 is 1.93 bits per heavy atom. The molecule has 1 aromatic carbocycles. The van der Waals surface area contributed by atoms with Crippen molar-refractivity contribution in [3.63, 3.8) is 0 Å². The molecule has 8 heteroatoms. The van der Waals surface area contributed by atoms with Crippen LogP contribution in [-0.4, -0.2) is 88.6 Å². The number of piperazine rings is 1. The highest BCUT2D eigenvalue weighted by Gasteiger charge is 2.31. The van der Waals surface area contributed by atoms with Crippen molar-refractivity contribution in [2.75, 3.05) is 63.3 Å². The molecule has 0 N–H and O–H groups in total. The third kappa shape index (κ3) is 4.93. The molecule has 2 aliphatic heterocycles. The summed E-state index contributed by atoms with van der Waals surface area (Å²) in [6.07, 6.45) is 1.10. The summed E-state index contributed by atoms with van der Waals surface area (Å²) in [5, 5.41) is 0. The van der Waals surface area contributed by atoms with Crippen LogP contribution in [0.15, 0.2) is 24.3 Å². The fourth-order valence-corrected chi connectivity index (χ4v) is 5.63. The molecule has 150 valence electrons. The molecule has 1 amide bonds. The van der Waals surface area contributed by atoms with Crippen molar-refractivity contribution in [3.05, 3.63) is 24.3 Å². The van der Waals surface area contributed by atoms with Crippen LogP contribution in [-0.2, 0) is 14.6 Å². The normalized spacial score (nSPS) is 22.3. The van der Waals surface area contributed by atoms with Crippen LogP contribution in [0.3, 0.4) is 0 Å². The Kier molecular flexibility index (Phi) is 6.26. The standard InChI is InChI=1S/C19H29N3O4S/c1-20(16-8-14-27(24,25)15-16)9-7-19(23)22-12-10-21(11-13-22)17-5-3-4-6-18(17)26-2/h3-6,16H,7-15H2,1-2H3. The summed E-state index contributed by atoms with van der Waals surface area (Å²) in [7, 11) is 0.696. The molecule has 2 saturated heterocycles. The van der Waals surface area contributed by atoms with Crippen LogP contribution in [0.25, 0.3) is 0 Å². The quantitative estimate of drug-likeness (QED) is 0.711. The number of carbonyl (C=O) groups excluding carboxylic acids is 1. The first kappa shape index (κ1) is 19.9. The number of amides is 1. The van der Waals surface area contributed by atoms with E-state index in [1.165, 1.54) is 0 Å². The smallest absolute Gasteiger partial charge is 0.223 e. The van der Waals surface area contributed by atoms with Gasteiger partial charge in [-0.1, -0.05) is 12.1 Å². The molecule has 7 nitrogen and oxygen atoms in total. The molecule has 1 atom stereocenters.